The monoisotopic (exact) mass is 530 g/mol. The number of carbonyl (C=O) groups is 3. The Morgan fingerprint density at radius 2 is 1.28 bits per heavy atom. The molecule has 1 unspecified atom stereocenters. The highest BCUT2D eigenvalue weighted by Gasteiger charge is 2.27. The van der Waals surface area contributed by atoms with Gasteiger partial charge in [-0.3, -0.25) is 14.4 Å². The van der Waals surface area contributed by atoms with Gasteiger partial charge in [-0.05, 0) is 41.3 Å². The van der Waals surface area contributed by atoms with Crippen LogP contribution in [0, 0.1) is 0 Å². The quantitative estimate of drug-likeness (QED) is 0.255. The summed E-state index contributed by atoms with van der Waals surface area (Å²) < 4.78 is 5.50. The molecular weight excluding hydrogens is 492 g/mol. The molecule has 3 aromatic rings. The van der Waals surface area contributed by atoms with Crippen molar-refractivity contribution in [2.75, 3.05) is 6.61 Å². The van der Waals surface area contributed by atoms with Crippen molar-refractivity contribution in [2.45, 2.75) is 58.3 Å². The summed E-state index contributed by atoms with van der Waals surface area (Å²) in [5.74, 6) is -0.242. The number of hydrogen-bond donors (Lipinski definition) is 4. The highest BCUT2D eigenvalue weighted by atomic mass is 16.5. The molecule has 8 heteroatoms. The number of nitrogens with one attached hydrogen (secondary N) is 3. The molecule has 39 heavy (non-hydrogen) atoms. The van der Waals surface area contributed by atoms with Gasteiger partial charge in [0.15, 0.2) is 0 Å². The van der Waals surface area contributed by atoms with Crippen LogP contribution in [0.25, 0.3) is 0 Å². The standard InChI is InChI=1S/C31H38N4O4/c1-3-29(36)34-28(19-23-14-16-26(17-15-23)39-4-2)31(38)35-27(18-22-8-6-5-7-9-22)30(37)33-21-25-12-10-24(20-32)11-13-25/h5-17,27-28H,3-4,18-21,32H2,1-2H3,(H,33,37)(H,34,36)(H,35,38)/t27?,28-/m1/s1. The third kappa shape index (κ3) is 9.57. The van der Waals surface area contributed by atoms with E-state index in [1.165, 1.54) is 0 Å². The molecule has 3 rings (SSSR count). The highest BCUT2D eigenvalue weighted by Crippen LogP contribution is 2.14. The van der Waals surface area contributed by atoms with Gasteiger partial charge in [-0.25, -0.2) is 0 Å². The highest BCUT2D eigenvalue weighted by molar-refractivity contribution is 5.92. The lowest BCUT2D eigenvalue weighted by Crippen LogP contribution is -2.55. The molecule has 0 radical (unpaired) electrons. The normalized spacial score (nSPS) is 12.2. The number of hydrogen-bond acceptors (Lipinski definition) is 5. The van der Waals surface area contributed by atoms with E-state index in [9.17, 15) is 14.4 Å². The zero-order valence-electron chi connectivity index (χ0n) is 22.6. The van der Waals surface area contributed by atoms with Crippen molar-refractivity contribution < 1.29 is 19.1 Å². The number of carbonyl (C=O) groups excluding carboxylic acids is 3. The van der Waals surface area contributed by atoms with Crippen molar-refractivity contribution in [3.8, 4) is 5.75 Å². The summed E-state index contributed by atoms with van der Waals surface area (Å²) in [6, 6.07) is 22.9. The van der Waals surface area contributed by atoms with Gasteiger partial charge in [0.05, 0.1) is 6.61 Å². The van der Waals surface area contributed by atoms with Gasteiger partial charge < -0.3 is 26.4 Å². The fourth-order valence-electron chi connectivity index (χ4n) is 4.07. The Hall–Kier alpha value is -4.17. The van der Waals surface area contributed by atoms with E-state index in [0.29, 0.717) is 26.1 Å². The number of amides is 3. The number of nitrogens with two attached hydrogens (primary N) is 1. The van der Waals surface area contributed by atoms with E-state index in [2.05, 4.69) is 16.0 Å². The van der Waals surface area contributed by atoms with Crippen LogP contribution in [0.5, 0.6) is 5.75 Å². The second kappa shape index (κ2) is 15.3. The van der Waals surface area contributed by atoms with E-state index in [-0.39, 0.29) is 24.7 Å². The molecule has 206 valence electrons. The van der Waals surface area contributed by atoms with Gasteiger partial charge in [0.1, 0.15) is 17.8 Å². The topological polar surface area (TPSA) is 123 Å². The van der Waals surface area contributed by atoms with Gasteiger partial charge in [0.2, 0.25) is 17.7 Å². The van der Waals surface area contributed by atoms with E-state index in [1.54, 1.807) is 6.92 Å². The largest absolute Gasteiger partial charge is 0.494 e. The van der Waals surface area contributed by atoms with Crippen molar-refractivity contribution in [3.05, 3.63) is 101 Å². The van der Waals surface area contributed by atoms with E-state index in [4.69, 9.17) is 10.5 Å². The summed E-state index contributed by atoms with van der Waals surface area (Å²) in [7, 11) is 0. The molecule has 0 saturated heterocycles. The smallest absolute Gasteiger partial charge is 0.243 e. The van der Waals surface area contributed by atoms with Crippen LogP contribution in [0.4, 0.5) is 0 Å². The van der Waals surface area contributed by atoms with Crippen molar-refractivity contribution in [2.24, 2.45) is 5.73 Å². The molecule has 0 aliphatic rings. The van der Waals surface area contributed by atoms with Crippen LogP contribution in [0.15, 0.2) is 78.9 Å². The van der Waals surface area contributed by atoms with Crippen LogP contribution in [-0.2, 0) is 40.3 Å². The summed E-state index contributed by atoms with van der Waals surface area (Å²) in [5, 5.41) is 8.64. The Labute approximate surface area is 230 Å². The lowest BCUT2D eigenvalue weighted by atomic mass is 10.0. The first kappa shape index (κ1) is 29.4. The maximum atomic E-state index is 13.5. The van der Waals surface area contributed by atoms with Crippen LogP contribution in [0.3, 0.4) is 0 Å². The van der Waals surface area contributed by atoms with Crippen LogP contribution in [0.2, 0.25) is 0 Å². The molecule has 2 atom stereocenters. The molecule has 8 nitrogen and oxygen atoms in total. The molecule has 3 amide bonds. The van der Waals surface area contributed by atoms with Crippen LogP contribution in [0.1, 0.15) is 42.5 Å². The molecule has 5 N–H and O–H groups in total. The minimum Gasteiger partial charge on any atom is -0.494 e. The maximum Gasteiger partial charge on any atom is 0.243 e. The molecule has 0 fully saturated rings. The molecule has 0 aliphatic carbocycles. The van der Waals surface area contributed by atoms with Gasteiger partial charge >= 0.3 is 0 Å². The van der Waals surface area contributed by atoms with Crippen molar-refractivity contribution >= 4 is 17.7 Å². The van der Waals surface area contributed by atoms with Gasteiger partial charge in [-0.1, -0.05) is 73.7 Å². The van der Waals surface area contributed by atoms with E-state index < -0.39 is 18.0 Å². The second-order valence-corrected chi connectivity index (χ2v) is 9.24. The summed E-state index contributed by atoms with van der Waals surface area (Å²) in [6.07, 6.45) is 0.823. The summed E-state index contributed by atoms with van der Waals surface area (Å²) in [5.41, 5.74) is 9.37. The Kier molecular flexibility index (Phi) is 11.5. The molecule has 0 aliphatic heterocycles. The Morgan fingerprint density at radius 3 is 1.87 bits per heavy atom. The fourth-order valence-corrected chi connectivity index (χ4v) is 4.07. The predicted molar refractivity (Wildman–Crippen MR) is 152 cm³/mol. The average Bonchev–Trinajstić information content (AvgIpc) is 2.97. The summed E-state index contributed by atoms with van der Waals surface area (Å²) in [6.45, 7) is 4.96. The zero-order chi connectivity index (χ0) is 28.0. The number of rotatable bonds is 14. The fraction of sp³-hybridized carbons (Fsp3) is 0.323. The van der Waals surface area contributed by atoms with E-state index >= 15 is 0 Å². The summed E-state index contributed by atoms with van der Waals surface area (Å²) in [4.78, 5) is 39.0. The third-order valence-electron chi connectivity index (χ3n) is 6.29. The average molecular weight is 531 g/mol. The molecule has 0 spiro atoms. The van der Waals surface area contributed by atoms with Gasteiger partial charge in [0.25, 0.3) is 0 Å². The second-order valence-electron chi connectivity index (χ2n) is 9.24. The first-order valence-electron chi connectivity index (χ1n) is 13.3. The first-order valence-corrected chi connectivity index (χ1v) is 13.3. The Bertz CT molecular complexity index is 1200. The molecule has 0 heterocycles. The lowest BCUT2D eigenvalue weighted by molar-refractivity contribution is -0.132. The maximum absolute atomic E-state index is 13.5. The van der Waals surface area contributed by atoms with Crippen molar-refractivity contribution in [3.63, 3.8) is 0 Å². The van der Waals surface area contributed by atoms with Gasteiger partial charge in [0, 0.05) is 32.4 Å². The predicted octanol–water partition coefficient (Wildman–Crippen LogP) is 3.03. The third-order valence-corrected chi connectivity index (χ3v) is 6.29. The van der Waals surface area contributed by atoms with Crippen LogP contribution < -0.4 is 26.4 Å². The van der Waals surface area contributed by atoms with Gasteiger partial charge in [-0.15, -0.1) is 0 Å². The molecular formula is C31H38N4O4. The lowest BCUT2D eigenvalue weighted by Gasteiger charge is -2.23. The SMILES string of the molecule is CCOc1ccc(C[C@@H](NC(=O)CC)C(=O)NC(Cc2ccccc2)C(=O)NCc2ccc(CN)cc2)cc1. The number of ether oxygens (including phenoxy) is 1. The van der Waals surface area contributed by atoms with Crippen molar-refractivity contribution in [1.82, 2.24) is 16.0 Å². The molecule has 3 aromatic carbocycles. The zero-order valence-corrected chi connectivity index (χ0v) is 22.6. The Morgan fingerprint density at radius 1 is 0.718 bits per heavy atom. The van der Waals surface area contributed by atoms with Crippen molar-refractivity contribution in [1.29, 1.82) is 0 Å². The van der Waals surface area contributed by atoms with Gasteiger partial charge in [-0.2, -0.15) is 0 Å². The van der Waals surface area contributed by atoms with Crippen LogP contribution in [-0.4, -0.2) is 36.4 Å². The minimum atomic E-state index is -0.842. The van der Waals surface area contributed by atoms with Crippen LogP contribution >= 0.6 is 0 Å². The summed E-state index contributed by atoms with van der Waals surface area (Å²) >= 11 is 0. The minimum absolute atomic E-state index is 0.240. The van der Waals surface area contributed by atoms with E-state index in [0.717, 1.165) is 28.0 Å². The van der Waals surface area contributed by atoms with E-state index in [1.807, 2.05) is 85.8 Å². The molecule has 0 bridgehead atoms. The number of benzene rings is 3. The molecule has 0 saturated carbocycles. The molecule has 0 aromatic heterocycles. The Balaban J connectivity index is 1.75. The first-order chi connectivity index (χ1) is 18.9.